The molecule has 6 nitrogen and oxygen atoms in total. The molecular weight excluding hydrogens is 425 g/mol. The molecule has 4 rings (SSSR count). The summed E-state index contributed by atoms with van der Waals surface area (Å²) in [6.45, 7) is 5.74. The highest BCUT2D eigenvalue weighted by molar-refractivity contribution is 7.17. The number of nitrogens with one attached hydrogen (secondary N) is 2. The van der Waals surface area contributed by atoms with Crippen molar-refractivity contribution in [3.63, 3.8) is 0 Å². The van der Waals surface area contributed by atoms with Crippen molar-refractivity contribution < 1.29 is 9.18 Å². The number of rotatable bonds is 6. The lowest BCUT2D eigenvalue weighted by Gasteiger charge is -2.13. The molecule has 2 heterocycles. The van der Waals surface area contributed by atoms with Crippen LogP contribution in [0.25, 0.3) is 10.6 Å². The van der Waals surface area contributed by atoms with Gasteiger partial charge in [0, 0.05) is 28.7 Å². The van der Waals surface area contributed by atoms with E-state index >= 15 is 0 Å². The average molecular weight is 448 g/mol. The van der Waals surface area contributed by atoms with Gasteiger partial charge in [-0.05, 0) is 62.2 Å². The topological polar surface area (TPSA) is 79.8 Å². The maximum Gasteiger partial charge on any atom is 0.267 e. The number of carbonyl (C=O) groups is 1. The average Bonchev–Trinajstić information content (AvgIpc) is 3.16. The molecule has 0 radical (unpaired) electrons. The first-order valence-corrected chi connectivity index (χ1v) is 11.0. The highest BCUT2D eigenvalue weighted by Gasteiger charge is 2.18. The van der Waals surface area contributed by atoms with Crippen molar-refractivity contribution in [2.45, 2.75) is 27.2 Å². The molecule has 162 valence electrons. The summed E-state index contributed by atoms with van der Waals surface area (Å²) in [4.78, 5) is 26.4. The SMILES string of the molecule is CCc1ccc(Nc2cc(C)ncn2)cc1NC(=O)c1sc(-c2ccc(F)cc2)nc1C. The quantitative estimate of drug-likeness (QED) is 0.384. The molecule has 0 aliphatic rings. The van der Waals surface area contributed by atoms with E-state index in [2.05, 4.69) is 25.6 Å². The van der Waals surface area contributed by atoms with Gasteiger partial charge >= 0.3 is 0 Å². The van der Waals surface area contributed by atoms with E-state index in [0.29, 0.717) is 21.4 Å². The Morgan fingerprint density at radius 1 is 1.06 bits per heavy atom. The molecule has 0 atom stereocenters. The van der Waals surface area contributed by atoms with Crippen molar-refractivity contribution in [2.75, 3.05) is 10.6 Å². The van der Waals surface area contributed by atoms with Gasteiger partial charge < -0.3 is 10.6 Å². The maximum atomic E-state index is 13.2. The van der Waals surface area contributed by atoms with Crippen molar-refractivity contribution in [1.29, 1.82) is 0 Å². The fourth-order valence-electron chi connectivity index (χ4n) is 3.25. The lowest BCUT2D eigenvalue weighted by molar-refractivity contribution is 0.102. The van der Waals surface area contributed by atoms with Crippen LogP contribution < -0.4 is 10.6 Å². The van der Waals surface area contributed by atoms with E-state index in [1.54, 1.807) is 19.1 Å². The van der Waals surface area contributed by atoms with Crippen LogP contribution in [0.15, 0.2) is 54.9 Å². The first-order chi connectivity index (χ1) is 15.4. The first kappa shape index (κ1) is 21.6. The van der Waals surface area contributed by atoms with Crippen LogP contribution in [-0.4, -0.2) is 20.9 Å². The van der Waals surface area contributed by atoms with Gasteiger partial charge in [0.1, 0.15) is 27.8 Å². The Morgan fingerprint density at radius 2 is 1.84 bits per heavy atom. The largest absolute Gasteiger partial charge is 0.340 e. The number of amides is 1. The van der Waals surface area contributed by atoms with Gasteiger partial charge in [0.05, 0.1) is 5.69 Å². The fraction of sp³-hybridized carbons (Fsp3) is 0.167. The fourth-order valence-corrected chi connectivity index (χ4v) is 4.22. The minimum Gasteiger partial charge on any atom is -0.340 e. The molecule has 0 unspecified atom stereocenters. The Hall–Kier alpha value is -3.65. The van der Waals surface area contributed by atoms with E-state index in [-0.39, 0.29) is 11.7 Å². The van der Waals surface area contributed by atoms with Gasteiger partial charge in [0.25, 0.3) is 5.91 Å². The summed E-state index contributed by atoms with van der Waals surface area (Å²) in [6, 6.07) is 13.8. The van der Waals surface area contributed by atoms with Crippen LogP contribution in [0.3, 0.4) is 0 Å². The van der Waals surface area contributed by atoms with Crippen LogP contribution in [0, 0.1) is 19.7 Å². The summed E-state index contributed by atoms with van der Waals surface area (Å²) >= 11 is 1.29. The highest BCUT2D eigenvalue weighted by atomic mass is 32.1. The van der Waals surface area contributed by atoms with Crippen LogP contribution in [0.2, 0.25) is 0 Å². The Morgan fingerprint density at radius 3 is 2.56 bits per heavy atom. The predicted molar refractivity (Wildman–Crippen MR) is 126 cm³/mol. The third kappa shape index (κ3) is 4.81. The summed E-state index contributed by atoms with van der Waals surface area (Å²) in [5.41, 5.74) is 4.82. The van der Waals surface area contributed by atoms with Gasteiger partial charge in [-0.15, -0.1) is 11.3 Å². The minimum atomic E-state index is -0.308. The van der Waals surface area contributed by atoms with Gasteiger partial charge in [0.2, 0.25) is 0 Å². The highest BCUT2D eigenvalue weighted by Crippen LogP contribution is 2.30. The van der Waals surface area contributed by atoms with Gasteiger partial charge in [-0.25, -0.2) is 19.3 Å². The molecular formula is C24H22FN5OS. The van der Waals surface area contributed by atoms with E-state index in [1.807, 2.05) is 38.1 Å². The number of hydrogen-bond donors (Lipinski definition) is 2. The Labute approximate surface area is 189 Å². The molecule has 2 N–H and O–H groups in total. The molecule has 0 saturated heterocycles. The smallest absolute Gasteiger partial charge is 0.267 e. The summed E-state index contributed by atoms with van der Waals surface area (Å²) in [6.07, 6.45) is 2.27. The number of aryl methyl sites for hydroxylation is 3. The lowest BCUT2D eigenvalue weighted by Crippen LogP contribution is -2.13. The number of carbonyl (C=O) groups excluding carboxylic acids is 1. The molecule has 4 aromatic rings. The first-order valence-electron chi connectivity index (χ1n) is 10.2. The Bertz CT molecular complexity index is 1270. The van der Waals surface area contributed by atoms with E-state index in [4.69, 9.17) is 0 Å². The van der Waals surface area contributed by atoms with E-state index < -0.39 is 0 Å². The second-order valence-electron chi connectivity index (χ2n) is 7.29. The summed E-state index contributed by atoms with van der Waals surface area (Å²) in [5.74, 6) is 0.150. The zero-order valence-electron chi connectivity index (χ0n) is 17.9. The lowest BCUT2D eigenvalue weighted by atomic mass is 10.1. The van der Waals surface area contributed by atoms with Crippen LogP contribution in [0.4, 0.5) is 21.6 Å². The minimum absolute atomic E-state index is 0.224. The zero-order valence-corrected chi connectivity index (χ0v) is 18.8. The molecule has 1 amide bonds. The molecule has 0 spiro atoms. The van der Waals surface area contributed by atoms with Crippen molar-refractivity contribution in [3.8, 4) is 10.6 Å². The monoisotopic (exact) mass is 447 g/mol. The number of benzene rings is 2. The molecule has 0 saturated carbocycles. The Kier molecular flexibility index (Phi) is 6.23. The molecule has 0 fully saturated rings. The van der Waals surface area contributed by atoms with Crippen molar-refractivity contribution in [2.24, 2.45) is 0 Å². The third-order valence-corrected chi connectivity index (χ3v) is 6.11. The van der Waals surface area contributed by atoms with Crippen molar-refractivity contribution in [3.05, 3.63) is 82.5 Å². The van der Waals surface area contributed by atoms with Crippen LogP contribution >= 0.6 is 11.3 Å². The second kappa shape index (κ2) is 9.23. The summed E-state index contributed by atoms with van der Waals surface area (Å²) in [5, 5.41) is 6.96. The zero-order chi connectivity index (χ0) is 22.7. The molecule has 8 heteroatoms. The summed E-state index contributed by atoms with van der Waals surface area (Å²) in [7, 11) is 0. The predicted octanol–water partition coefficient (Wildman–Crippen LogP) is 5.91. The van der Waals surface area contributed by atoms with Crippen molar-refractivity contribution >= 4 is 34.4 Å². The van der Waals surface area contributed by atoms with E-state index in [9.17, 15) is 9.18 Å². The number of hydrogen-bond acceptors (Lipinski definition) is 6. The molecule has 2 aromatic carbocycles. The van der Waals surface area contributed by atoms with Gasteiger partial charge in [-0.2, -0.15) is 0 Å². The van der Waals surface area contributed by atoms with Gasteiger partial charge in [0.15, 0.2) is 0 Å². The van der Waals surface area contributed by atoms with E-state index in [0.717, 1.165) is 34.6 Å². The molecule has 2 aromatic heterocycles. The number of nitrogens with zero attached hydrogens (tertiary/aromatic N) is 3. The maximum absolute atomic E-state index is 13.2. The normalized spacial score (nSPS) is 10.8. The third-order valence-electron chi connectivity index (χ3n) is 4.91. The standard InChI is InChI=1S/C24H22FN5OS/c1-4-16-7-10-19(29-21-11-14(2)26-13-27-21)12-20(16)30-23(31)22-15(3)28-24(32-22)17-5-8-18(25)9-6-17/h5-13H,4H2,1-3H3,(H,30,31)(H,26,27,29). The summed E-state index contributed by atoms with van der Waals surface area (Å²) < 4.78 is 13.2. The second-order valence-corrected chi connectivity index (χ2v) is 8.29. The van der Waals surface area contributed by atoms with E-state index in [1.165, 1.54) is 29.8 Å². The van der Waals surface area contributed by atoms with Crippen LogP contribution in [0.1, 0.15) is 33.5 Å². The van der Waals surface area contributed by atoms with Crippen LogP contribution in [0.5, 0.6) is 0 Å². The number of thiazole rings is 1. The van der Waals surface area contributed by atoms with Crippen molar-refractivity contribution in [1.82, 2.24) is 15.0 Å². The Balaban J connectivity index is 1.58. The van der Waals surface area contributed by atoms with Crippen LogP contribution in [-0.2, 0) is 6.42 Å². The molecule has 0 bridgehead atoms. The molecule has 0 aliphatic carbocycles. The number of aromatic nitrogens is 3. The molecule has 0 aliphatic heterocycles. The van der Waals surface area contributed by atoms with Gasteiger partial charge in [-0.1, -0.05) is 13.0 Å². The number of anilines is 3. The van der Waals surface area contributed by atoms with Gasteiger partial charge in [-0.3, -0.25) is 4.79 Å². The number of halogens is 1. The molecule has 32 heavy (non-hydrogen) atoms.